The highest BCUT2D eigenvalue weighted by Gasteiger charge is 2.09. The van der Waals surface area contributed by atoms with Crippen molar-refractivity contribution in [3.8, 4) is 16.9 Å². The second-order valence-corrected chi connectivity index (χ2v) is 5.38. The summed E-state index contributed by atoms with van der Waals surface area (Å²) in [6.07, 6.45) is 0. The SMILES string of the molecule is CNCc1cc(-c2cc(C)c(Cl)cc2C)ccc1OC. The molecular formula is C17H20ClNO. The number of methoxy groups -OCH3 is 1. The Labute approximate surface area is 125 Å². The standard InChI is InChI=1S/C17H20ClNO/c1-11-8-16(18)12(2)7-15(11)13-5-6-17(20-4)14(9-13)10-19-3/h5-9,19H,10H2,1-4H3. The van der Waals surface area contributed by atoms with Crippen molar-refractivity contribution in [3.63, 3.8) is 0 Å². The van der Waals surface area contributed by atoms with Crippen LogP contribution in [0.2, 0.25) is 5.02 Å². The number of halogens is 1. The van der Waals surface area contributed by atoms with Crippen molar-refractivity contribution in [1.29, 1.82) is 0 Å². The number of hydrogen-bond donors (Lipinski definition) is 1. The van der Waals surface area contributed by atoms with Gasteiger partial charge in [0.25, 0.3) is 0 Å². The Bertz CT molecular complexity index is 623. The third kappa shape index (κ3) is 2.97. The van der Waals surface area contributed by atoms with Gasteiger partial charge in [-0.05, 0) is 67.4 Å². The van der Waals surface area contributed by atoms with Crippen LogP contribution in [-0.4, -0.2) is 14.2 Å². The largest absolute Gasteiger partial charge is 0.496 e. The fraction of sp³-hybridized carbons (Fsp3) is 0.294. The maximum atomic E-state index is 6.17. The van der Waals surface area contributed by atoms with E-state index in [1.165, 1.54) is 16.7 Å². The van der Waals surface area contributed by atoms with Crippen LogP contribution in [0, 0.1) is 13.8 Å². The second-order valence-electron chi connectivity index (χ2n) is 4.97. The highest BCUT2D eigenvalue weighted by atomic mass is 35.5. The van der Waals surface area contributed by atoms with Crippen LogP contribution in [0.4, 0.5) is 0 Å². The fourth-order valence-electron chi connectivity index (χ4n) is 2.37. The first kappa shape index (κ1) is 14.9. The van der Waals surface area contributed by atoms with Crippen molar-refractivity contribution in [3.05, 3.63) is 52.0 Å². The average Bonchev–Trinajstić information content (AvgIpc) is 2.43. The first-order valence-electron chi connectivity index (χ1n) is 6.65. The predicted molar refractivity (Wildman–Crippen MR) is 85.7 cm³/mol. The number of rotatable bonds is 4. The normalized spacial score (nSPS) is 10.7. The summed E-state index contributed by atoms with van der Waals surface area (Å²) in [6, 6.07) is 10.4. The molecule has 3 heteroatoms. The molecule has 0 saturated heterocycles. The van der Waals surface area contributed by atoms with E-state index in [2.05, 4.69) is 30.4 Å². The molecular weight excluding hydrogens is 270 g/mol. The van der Waals surface area contributed by atoms with E-state index in [1.807, 2.05) is 26.1 Å². The van der Waals surface area contributed by atoms with Gasteiger partial charge in [-0.2, -0.15) is 0 Å². The van der Waals surface area contributed by atoms with Gasteiger partial charge in [-0.1, -0.05) is 17.7 Å². The lowest BCUT2D eigenvalue weighted by Crippen LogP contribution is -2.06. The molecule has 20 heavy (non-hydrogen) atoms. The minimum absolute atomic E-state index is 0.780. The summed E-state index contributed by atoms with van der Waals surface area (Å²) in [5, 5.41) is 3.99. The molecule has 0 bridgehead atoms. The molecule has 0 heterocycles. The summed E-state index contributed by atoms with van der Waals surface area (Å²) in [5.41, 5.74) is 5.83. The Balaban J connectivity index is 2.53. The molecule has 2 aromatic carbocycles. The minimum atomic E-state index is 0.780. The summed E-state index contributed by atoms with van der Waals surface area (Å²) in [4.78, 5) is 0. The summed E-state index contributed by atoms with van der Waals surface area (Å²) in [6.45, 7) is 4.90. The first-order chi connectivity index (χ1) is 9.56. The molecule has 0 radical (unpaired) electrons. The molecule has 106 valence electrons. The van der Waals surface area contributed by atoms with Crippen LogP contribution in [0.25, 0.3) is 11.1 Å². The maximum absolute atomic E-state index is 6.17. The van der Waals surface area contributed by atoms with Gasteiger partial charge in [-0.3, -0.25) is 0 Å². The topological polar surface area (TPSA) is 21.3 Å². The molecule has 1 N–H and O–H groups in total. The molecule has 0 unspecified atom stereocenters. The first-order valence-corrected chi connectivity index (χ1v) is 7.03. The Hall–Kier alpha value is -1.51. The number of ether oxygens (including phenoxy) is 1. The molecule has 2 nitrogen and oxygen atoms in total. The Kier molecular flexibility index (Phi) is 4.69. The molecule has 2 aromatic rings. The summed E-state index contributed by atoms with van der Waals surface area (Å²) in [5.74, 6) is 0.909. The Morgan fingerprint density at radius 2 is 1.85 bits per heavy atom. The molecule has 0 aromatic heterocycles. The maximum Gasteiger partial charge on any atom is 0.123 e. The highest BCUT2D eigenvalue weighted by Crippen LogP contribution is 2.31. The summed E-state index contributed by atoms with van der Waals surface area (Å²) < 4.78 is 5.40. The Morgan fingerprint density at radius 1 is 1.10 bits per heavy atom. The van der Waals surface area contributed by atoms with Crippen LogP contribution in [0.3, 0.4) is 0 Å². The summed E-state index contributed by atoms with van der Waals surface area (Å²) >= 11 is 6.17. The van der Waals surface area contributed by atoms with Crippen molar-refractivity contribution < 1.29 is 4.74 Å². The van der Waals surface area contributed by atoms with Gasteiger partial charge < -0.3 is 10.1 Å². The number of nitrogens with one attached hydrogen (secondary N) is 1. The van der Waals surface area contributed by atoms with Crippen LogP contribution < -0.4 is 10.1 Å². The smallest absolute Gasteiger partial charge is 0.123 e. The van der Waals surface area contributed by atoms with Gasteiger partial charge in [0.05, 0.1) is 7.11 Å². The van der Waals surface area contributed by atoms with Crippen LogP contribution >= 0.6 is 11.6 Å². The van der Waals surface area contributed by atoms with Crippen molar-refractivity contribution in [2.24, 2.45) is 0 Å². The minimum Gasteiger partial charge on any atom is -0.496 e. The monoisotopic (exact) mass is 289 g/mol. The lowest BCUT2D eigenvalue weighted by molar-refractivity contribution is 0.408. The molecule has 0 aliphatic rings. The van der Waals surface area contributed by atoms with Crippen LogP contribution in [0.1, 0.15) is 16.7 Å². The van der Waals surface area contributed by atoms with E-state index >= 15 is 0 Å². The van der Waals surface area contributed by atoms with Crippen molar-refractivity contribution in [1.82, 2.24) is 5.32 Å². The third-order valence-corrected chi connectivity index (χ3v) is 3.87. The van der Waals surface area contributed by atoms with Crippen molar-refractivity contribution in [2.45, 2.75) is 20.4 Å². The van der Waals surface area contributed by atoms with E-state index in [0.29, 0.717) is 0 Å². The molecule has 0 fully saturated rings. The van der Waals surface area contributed by atoms with Gasteiger partial charge in [0, 0.05) is 17.1 Å². The quantitative estimate of drug-likeness (QED) is 0.903. The summed E-state index contributed by atoms with van der Waals surface area (Å²) in [7, 11) is 3.63. The van der Waals surface area contributed by atoms with Gasteiger partial charge in [0.2, 0.25) is 0 Å². The number of aryl methyl sites for hydroxylation is 2. The van der Waals surface area contributed by atoms with Gasteiger partial charge >= 0.3 is 0 Å². The number of hydrogen-bond acceptors (Lipinski definition) is 2. The van der Waals surface area contributed by atoms with E-state index < -0.39 is 0 Å². The molecule has 0 aliphatic heterocycles. The van der Waals surface area contributed by atoms with Crippen molar-refractivity contribution >= 4 is 11.6 Å². The average molecular weight is 290 g/mol. The van der Waals surface area contributed by atoms with Gasteiger partial charge in [0.15, 0.2) is 0 Å². The highest BCUT2D eigenvalue weighted by molar-refractivity contribution is 6.31. The molecule has 0 spiro atoms. The van der Waals surface area contributed by atoms with Gasteiger partial charge in [0.1, 0.15) is 5.75 Å². The van der Waals surface area contributed by atoms with E-state index in [4.69, 9.17) is 16.3 Å². The molecule has 0 aliphatic carbocycles. The van der Waals surface area contributed by atoms with E-state index in [0.717, 1.165) is 28.4 Å². The molecule has 2 rings (SSSR count). The number of benzene rings is 2. The van der Waals surface area contributed by atoms with Crippen LogP contribution in [0.15, 0.2) is 30.3 Å². The zero-order valence-electron chi connectivity index (χ0n) is 12.4. The van der Waals surface area contributed by atoms with E-state index in [-0.39, 0.29) is 0 Å². The van der Waals surface area contributed by atoms with Crippen molar-refractivity contribution in [2.75, 3.05) is 14.2 Å². The second kappa shape index (κ2) is 6.29. The molecule has 0 saturated carbocycles. The zero-order valence-corrected chi connectivity index (χ0v) is 13.1. The Morgan fingerprint density at radius 3 is 2.50 bits per heavy atom. The zero-order chi connectivity index (χ0) is 14.7. The van der Waals surface area contributed by atoms with Gasteiger partial charge in [-0.25, -0.2) is 0 Å². The van der Waals surface area contributed by atoms with Crippen LogP contribution in [0.5, 0.6) is 5.75 Å². The lowest BCUT2D eigenvalue weighted by atomic mass is 9.96. The van der Waals surface area contributed by atoms with Crippen LogP contribution in [-0.2, 0) is 6.54 Å². The van der Waals surface area contributed by atoms with E-state index in [9.17, 15) is 0 Å². The van der Waals surface area contributed by atoms with Gasteiger partial charge in [-0.15, -0.1) is 0 Å². The van der Waals surface area contributed by atoms with E-state index in [1.54, 1.807) is 7.11 Å². The fourth-order valence-corrected chi connectivity index (χ4v) is 2.58. The lowest BCUT2D eigenvalue weighted by Gasteiger charge is -2.13. The third-order valence-electron chi connectivity index (χ3n) is 3.46. The molecule has 0 amide bonds. The molecule has 0 atom stereocenters. The predicted octanol–water partition coefficient (Wildman–Crippen LogP) is 4.35.